The van der Waals surface area contributed by atoms with E-state index in [1.54, 1.807) is 11.5 Å². The molecule has 0 aliphatic carbocycles. The Kier molecular flexibility index (Phi) is 5.19. The Labute approximate surface area is 96.5 Å². The van der Waals surface area contributed by atoms with Gasteiger partial charge in [0, 0.05) is 6.04 Å². The molecule has 0 radical (unpaired) electrons. The first-order valence-electron chi connectivity index (χ1n) is 5.76. The van der Waals surface area contributed by atoms with Gasteiger partial charge in [-0.25, -0.2) is 0 Å². The summed E-state index contributed by atoms with van der Waals surface area (Å²) in [5, 5.41) is 7.59. The molecule has 0 amide bonds. The van der Waals surface area contributed by atoms with Crippen LogP contribution in [-0.4, -0.2) is 16.6 Å². The number of hydrogen-bond donors (Lipinski definition) is 1. The molecule has 0 aliphatic heterocycles. The van der Waals surface area contributed by atoms with E-state index in [0.717, 1.165) is 12.1 Å². The second kappa shape index (κ2) is 6.18. The summed E-state index contributed by atoms with van der Waals surface area (Å²) >= 11 is 1.54. The topological polar surface area (TPSA) is 37.8 Å². The minimum absolute atomic E-state index is 0.426. The Morgan fingerprint density at radius 2 is 1.93 bits per heavy atom. The fourth-order valence-corrected chi connectivity index (χ4v) is 2.98. The van der Waals surface area contributed by atoms with E-state index in [2.05, 4.69) is 35.7 Å². The second-order valence-electron chi connectivity index (χ2n) is 3.78. The van der Waals surface area contributed by atoms with Gasteiger partial charge >= 0.3 is 0 Å². The van der Waals surface area contributed by atoms with Crippen molar-refractivity contribution in [1.29, 1.82) is 0 Å². The number of nitrogens with one attached hydrogen (secondary N) is 1. The van der Waals surface area contributed by atoms with Gasteiger partial charge in [-0.1, -0.05) is 38.1 Å². The molecule has 1 heterocycles. The number of rotatable bonds is 6. The Balaban J connectivity index is 2.90. The van der Waals surface area contributed by atoms with Gasteiger partial charge in [0.2, 0.25) is 0 Å². The first-order chi connectivity index (χ1) is 7.28. The molecule has 0 saturated carbocycles. The SMILES string of the molecule is CCc1nnsc1C(NC)C(CC)CC. The zero-order valence-corrected chi connectivity index (χ0v) is 10.9. The molecule has 0 fully saturated rings. The Morgan fingerprint density at radius 3 is 2.40 bits per heavy atom. The molecule has 1 atom stereocenters. The molecule has 15 heavy (non-hydrogen) atoms. The van der Waals surface area contributed by atoms with E-state index in [-0.39, 0.29) is 0 Å². The first kappa shape index (κ1) is 12.6. The predicted molar refractivity (Wildman–Crippen MR) is 65.2 cm³/mol. The van der Waals surface area contributed by atoms with Crippen LogP contribution in [0.1, 0.15) is 50.2 Å². The third-order valence-electron chi connectivity index (χ3n) is 3.03. The van der Waals surface area contributed by atoms with Crippen LogP contribution in [0, 0.1) is 5.92 Å². The van der Waals surface area contributed by atoms with Crippen LogP contribution in [0.3, 0.4) is 0 Å². The molecule has 4 heteroatoms. The Bertz CT molecular complexity index is 281. The van der Waals surface area contributed by atoms with Crippen LogP contribution in [0.5, 0.6) is 0 Å². The molecule has 0 aromatic carbocycles. The molecule has 86 valence electrons. The summed E-state index contributed by atoms with van der Waals surface area (Å²) in [5.74, 6) is 0.683. The second-order valence-corrected chi connectivity index (χ2v) is 4.57. The minimum Gasteiger partial charge on any atom is -0.312 e. The van der Waals surface area contributed by atoms with Crippen molar-refractivity contribution in [1.82, 2.24) is 14.9 Å². The normalized spacial score (nSPS) is 13.4. The van der Waals surface area contributed by atoms with Gasteiger partial charge < -0.3 is 5.32 Å². The van der Waals surface area contributed by atoms with Crippen LogP contribution in [0.15, 0.2) is 0 Å². The van der Waals surface area contributed by atoms with E-state index in [0.29, 0.717) is 12.0 Å². The van der Waals surface area contributed by atoms with Crippen LogP contribution < -0.4 is 5.32 Å². The lowest BCUT2D eigenvalue weighted by molar-refractivity contribution is 0.362. The van der Waals surface area contributed by atoms with Gasteiger partial charge in [0.05, 0.1) is 10.6 Å². The molecule has 1 aromatic heterocycles. The number of hydrogen-bond acceptors (Lipinski definition) is 4. The molecule has 1 N–H and O–H groups in total. The minimum atomic E-state index is 0.426. The van der Waals surface area contributed by atoms with Crippen molar-refractivity contribution in [2.45, 2.75) is 46.1 Å². The number of aromatic nitrogens is 2. The maximum absolute atomic E-state index is 4.18. The van der Waals surface area contributed by atoms with Crippen molar-refractivity contribution in [2.24, 2.45) is 5.92 Å². The van der Waals surface area contributed by atoms with Crippen molar-refractivity contribution in [2.75, 3.05) is 7.05 Å². The van der Waals surface area contributed by atoms with Gasteiger partial charge in [-0.05, 0) is 30.9 Å². The summed E-state index contributed by atoms with van der Waals surface area (Å²) in [7, 11) is 2.03. The monoisotopic (exact) mass is 227 g/mol. The summed E-state index contributed by atoms with van der Waals surface area (Å²) in [5.41, 5.74) is 1.16. The van der Waals surface area contributed by atoms with Gasteiger partial charge in [0.15, 0.2) is 0 Å². The van der Waals surface area contributed by atoms with Gasteiger partial charge in [-0.15, -0.1) is 5.10 Å². The molecule has 0 saturated heterocycles. The summed E-state index contributed by atoms with van der Waals surface area (Å²) in [6, 6.07) is 0.426. The van der Waals surface area contributed by atoms with Crippen molar-refractivity contribution in [3.63, 3.8) is 0 Å². The number of aryl methyl sites for hydroxylation is 1. The molecule has 0 spiro atoms. The lowest BCUT2D eigenvalue weighted by Crippen LogP contribution is -2.24. The van der Waals surface area contributed by atoms with Crippen LogP contribution in [-0.2, 0) is 6.42 Å². The predicted octanol–water partition coefficient (Wildman–Crippen LogP) is 2.80. The summed E-state index contributed by atoms with van der Waals surface area (Å²) < 4.78 is 4.06. The molecule has 1 rings (SSSR count). The maximum Gasteiger partial charge on any atom is 0.0801 e. The highest BCUT2D eigenvalue weighted by molar-refractivity contribution is 7.05. The van der Waals surface area contributed by atoms with E-state index in [1.165, 1.54) is 17.7 Å². The molecular weight excluding hydrogens is 206 g/mol. The summed E-state index contributed by atoms with van der Waals surface area (Å²) in [6.07, 6.45) is 3.37. The average Bonchev–Trinajstić information content (AvgIpc) is 2.73. The van der Waals surface area contributed by atoms with Gasteiger partial charge in [0.1, 0.15) is 0 Å². The molecule has 1 unspecified atom stereocenters. The fraction of sp³-hybridized carbons (Fsp3) is 0.818. The highest BCUT2D eigenvalue weighted by atomic mass is 32.1. The molecular formula is C11H21N3S. The van der Waals surface area contributed by atoms with Crippen molar-refractivity contribution < 1.29 is 0 Å². The van der Waals surface area contributed by atoms with Gasteiger partial charge in [0.25, 0.3) is 0 Å². The highest BCUT2D eigenvalue weighted by Crippen LogP contribution is 2.30. The van der Waals surface area contributed by atoms with Crippen molar-refractivity contribution in [3.8, 4) is 0 Å². The average molecular weight is 227 g/mol. The Hall–Kier alpha value is -0.480. The molecule has 1 aromatic rings. The lowest BCUT2D eigenvalue weighted by atomic mass is 9.92. The maximum atomic E-state index is 4.18. The van der Waals surface area contributed by atoms with Crippen LogP contribution in [0.2, 0.25) is 0 Å². The summed E-state index contributed by atoms with van der Waals surface area (Å²) in [6.45, 7) is 6.64. The van der Waals surface area contributed by atoms with E-state index in [1.807, 2.05) is 7.05 Å². The molecule has 0 aliphatic rings. The van der Waals surface area contributed by atoms with Gasteiger partial charge in [-0.3, -0.25) is 0 Å². The lowest BCUT2D eigenvalue weighted by Gasteiger charge is -2.23. The van der Waals surface area contributed by atoms with Crippen LogP contribution >= 0.6 is 11.5 Å². The fourth-order valence-electron chi connectivity index (χ4n) is 2.04. The van der Waals surface area contributed by atoms with Crippen LogP contribution in [0.25, 0.3) is 0 Å². The van der Waals surface area contributed by atoms with E-state index in [4.69, 9.17) is 0 Å². The largest absolute Gasteiger partial charge is 0.312 e. The van der Waals surface area contributed by atoms with E-state index in [9.17, 15) is 0 Å². The van der Waals surface area contributed by atoms with Crippen LogP contribution in [0.4, 0.5) is 0 Å². The molecule has 0 bridgehead atoms. The van der Waals surface area contributed by atoms with E-state index >= 15 is 0 Å². The smallest absolute Gasteiger partial charge is 0.0801 e. The van der Waals surface area contributed by atoms with Crippen molar-refractivity contribution in [3.05, 3.63) is 10.6 Å². The first-order valence-corrected chi connectivity index (χ1v) is 6.54. The Morgan fingerprint density at radius 1 is 1.27 bits per heavy atom. The molecule has 3 nitrogen and oxygen atoms in total. The zero-order chi connectivity index (χ0) is 11.3. The zero-order valence-electron chi connectivity index (χ0n) is 10.1. The van der Waals surface area contributed by atoms with E-state index < -0.39 is 0 Å². The third kappa shape index (κ3) is 2.75. The summed E-state index contributed by atoms with van der Waals surface area (Å²) in [4.78, 5) is 1.33. The standard InChI is InChI=1S/C11H21N3S/c1-5-8(6-2)10(12-4)11-9(7-3)13-14-15-11/h8,10,12H,5-7H2,1-4H3. The highest BCUT2D eigenvalue weighted by Gasteiger charge is 2.23. The third-order valence-corrected chi connectivity index (χ3v) is 3.88. The van der Waals surface area contributed by atoms with Gasteiger partial charge in [-0.2, -0.15) is 0 Å². The quantitative estimate of drug-likeness (QED) is 0.812. The number of nitrogens with zero attached hydrogens (tertiary/aromatic N) is 2. The van der Waals surface area contributed by atoms with Crippen molar-refractivity contribution >= 4 is 11.5 Å².